The van der Waals surface area contributed by atoms with Crippen molar-refractivity contribution in [2.24, 2.45) is 4.99 Å². The van der Waals surface area contributed by atoms with Crippen molar-refractivity contribution in [3.05, 3.63) is 47.0 Å². The normalized spacial score (nSPS) is 18.5. The van der Waals surface area contributed by atoms with Gasteiger partial charge in [-0.2, -0.15) is 5.10 Å². The first kappa shape index (κ1) is 24.5. The van der Waals surface area contributed by atoms with E-state index in [1.165, 1.54) is 11.1 Å². The van der Waals surface area contributed by atoms with Crippen molar-refractivity contribution in [3.63, 3.8) is 0 Å². The van der Waals surface area contributed by atoms with Crippen molar-refractivity contribution in [2.75, 3.05) is 13.6 Å². The van der Waals surface area contributed by atoms with Crippen LogP contribution in [0.5, 0.6) is 0 Å². The van der Waals surface area contributed by atoms with Crippen LogP contribution >= 0.6 is 24.0 Å². The summed E-state index contributed by atoms with van der Waals surface area (Å²) in [6.45, 7) is 7.29. The molecule has 1 aromatic carbocycles. The number of rotatable bonds is 6. The first-order valence-electron chi connectivity index (χ1n) is 11.3. The van der Waals surface area contributed by atoms with E-state index in [1.54, 1.807) is 7.05 Å². The fourth-order valence-corrected chi connectivity index (χ4v) is 4.19. The van der Waals surface area contributed by atoms with Gasteiger partial charge in [-0.25, -0.2) is 9.67 Å². The summed E-state index contributed by atoms with van der Waals surface area (Å²) in [5.41, 5.74) is 2.35. The molecule has 2 N–H and O–H groups in total. The second kappa shape index (κ2) is 11.1. The number of halogens is 1. The number of guanidine groups is 1. The molecular weight excluding hydrogens is 517 g/mol. The zero-order valence-electron chi connectivity index (χ0n) is 19.2. The fourth-order valence-electron chi connectivity index (χ4n) is 4.19. The van der Waals surface area contributed by atoms with Crippen LogP contribution in [0.1, 0.15) is 61.8 Å². The van der Waals surface area contributed by atoms with Crippen LogP contribution < -0.4 is 10.6 Å². The van der Waals surface area contributed by atoms with Gasteiger partial charge in [0.05, 0.1) is 6.54 Å². The number of nitrogens with zero attached hydrogens (tertiary/aromatic N) is 5. The van der Waals surface area contributed by atoms with Gasteiger partial charge in [0.15, 0.2) is 11.8 Å². The van der Waals surface area contributed by atoms with Gasteiger partial charge >= 0.3 is 0 Å². The summed E-state index contributed by atoms with van der Waals surface area (Å²) in [5, 5.41) is 11.6. The van der Waals surface area contributed by atoms with Crippen molar-refractivity contribution >= 4 is 35.8 Å². The van der Waals surface area contributed by atoms with E-state index in [0.29, 0.717) is 25.4 Å². The third kappa shape index (κ3) is 5.99. The molecule has 0 bridgehead atoms. The average Bonchev–Trinajstić information content (AvgIpc) is 3.37. The minimum absolute atomic E-state index is 0. The minimum atomic E-state index is 0. The monoisotopic (exact) mass is 551 g/mol. The Morgan fingerprint density at radius 3 is 2.81 bits per heavy atom. The minimum Gasteiger partial charge on any atom is -0.352 e. The molecule has 174 valence electrons. The highest BCUT2D eigenvalue weighted by Gasteiger charge is 2.23. The van der Waals surface area contributed by atoms with E-state index in [9.17, 15) is 4.79 Å². The van der Waals surface area contributed by atoms with E-state index in [2.05, 4.69) is 63.8 Å². The Morgan fingerprint density at radius 2 is 2.09 bits per heavy atom. The number of carbonyl (C=O) groups excluding carboxylic acids is 1. The molecule has 0 saturated carbocycles. The Balaban J connectivity index is 0.00000289. The third-order valence-electron chi connectivity index (χ3n) is 5.95. The average molecular weight is 551 g/mol. The molecule has 0 spiro atoms. The number of nitrogens with one attached hydrogen (secondary N) is 2. The molecule has 1 saturated heterocycles. The molecule has 0 aliphatic carbocycles. The summed E-state index contributed by atoms with van der Waals surface area (Å²) in [6.07, 6.45) is 3.58. The molecular formula is C23H34IN7O. The lowest BCUT2D eigenvalue weighted by Gasteiger charge is -2.25. The van der Waals surface area contributed by atoms with Crippen LogP contribution in [0.2, 0.25) is 0 Å². The Bertz CT molecular complexity index is 956. The molecule has 1 atom stereocenters. The van der Waals surface area contributed by atoms with Gasteiger partial charge in [-0.3, -0.25) is 9.79 Å². The van der Waals surface area contributed by atoms with Crippen LogP contribution in [0.25, 0.3) is 0 Å². The topological polar surface area (TPSA) is 87.4 Å². The molecule has 2 aromatic rings. The number of amides is 1. The van der Waals surface area contributed by atoms with Gasteiger partial charge in [0.2, 0.25) is 5.91 Å². The molecule has 1 unspecified atom stereocenters. The van der Waals surface area contributed by atoms with Crippen molar-refractivity contribution in [1.82, 2.24) is 30.3 Å². The van der Waals surface area contributed by atoms with Crippen molar-refractivity contribution in [3.8, 4) is 0 Å². The number of fused-ring (bicyclic) bond motifs is 1. The van der Waals surface area contributed by atoms with Crippen LogP contribution in [0.3, 0.4) is 0 Å². The van der Waals surface area contributed by atoms with E-state index in [4.69, 9.17) is 0 Å². The highest BCUT2D eigenvalue weighted by atomic mass is 127. The van der Waals surface area contributed by atoms with Crippen LogP contribution in [-0.2, 0) is 30.8 Å². The smallest absolute Gasteiger partial charge is 0.222 e. The van der Waals surface area contributed by atoms with E-state index >= 15 is 0 Å². The molecule has 9 heteroatoms. The molecule has 1 amide bonds. The van der Waals surface area contributed by atoms with E-state index in [-0.39, 0.29) is 35.9 Å². The van der Waals surface area contributed by atoms with Gasteiger partial charge in [0, 0.05) is 51.5 Å². The van der Waals surface area contributed by atoms with E-state index < -0.39 is 0 Å². The van der Waals surface area contributed by atoms with Crippen LogP contribution in [-0.4, -0.2) is 51.2 Å². The summed E-state index contributed by atoms with van der Waals surface area (Å²) in [6, 6.07) is 8.69. The molecule has 2 aliphatic heterocycles. The second-order valence-corrected chi connectivity index (χ2v) is 8.77. The molecule has 32 heavy (non-hydrogen) atoms. The van der Waals surface area contributed by atoms with Gasteiger partial charge in [-0.05, 0) is 24.0 Å². The quantitative estimate of drug-likeness (QED) is 0.328. The maximum absolute atomic E-state index is 11.9. The molecule has 8 nitrogen and oxygen atoms in total. The first-order valence-corrected chi connectivity index (χ1v) is 11.3. The van der Waals surface area contributed by atoms with Crippen molar-refractivity contribution in [1.29, 1.82) is 0 Å². The summed E-state index contributed by atoms with van der Waals surface area (Å²) in [4.78, 5) is 22.9. The fraction of sp³-hybridized carbons (Fsp3) is 0.565. The van der Waals surface area contributed by atoms with Crippen molar-refractivity contribution in [2.45, 2.75) is 71.1 Å². The van der Waals surface area contributed by atoms with Crippen LogP contribution in [0.4, 0.5) is 0 Å². The van der Waals surface area contributed by atoms with Crippen LogP contribution in [0.15, 0.2) is 29.3 Å². The lowest BCUT2D eigenvalue weighted by atomic mass is 10.1. The highest BCUT2D eigenvalue weighted by molar-refractivity contribution is 14.0. The number of hydrogen-bond donors (Lipinski definition) is 2. The number of aromatic nitrogens is 3. The number of carbonyl (C=O) groups is 1. The number of likely N-dealkylation sites (tertiary alicyclic amines) is 1. The molecule has 2 aliphatic rings. The zero-order chi connectivity index (χ0) is 21.8. The predicted octanol–water partition coefficient (Wildman–Crippen LogP) is 2.82. The Labute approximate surface area is 207 Å². The van der Waals surface area contributed by atoms with Gasteiger partial charge in [0.1, 0.15) is 5.82 Å². The molecule has 4 rings (SSSR count). The number of benzene rings is 1. The molecule has 1 fully saturated rings. The first-order chi connectivity index (χ1) is 15.0. The predicted molar refractivity (Wildman–Crippen MR) is 136 cm³/mol. The maximum Gasteiger partial charge on any atom is 0.222 e. The second-order valence-electron chi connectivity index (χ2n) is 8.77. The lowest BCUT2D eigenvalue weighted by molar-refractivity contribution is -0.128. The number of aliphatic imine (C=N–C) groups is 1. The van der Waals surface area contributed by atoms with E-state index in [0.717, 1.165) is 50.0 Å². The largest absolute Gasteiger partial charge is 0.352 e. The summed E-state index contributed by atoms with van der Waals surface area (Å²) < 4.78 is 2.03. The number of hydrogen-bond acceptors (Lipinski definition) is 4. The van der Waals surface area contributed by atoms with Gasteiger partial charge in [0.25, 0.3) is 0 Å². The maximum atomic E-state index is 11.9. The number of aryl methyl sites for hydroxylation is 1. The molecule has 0 radical (unpaired) electrons. The van der Waals surface area contributed by atoms with Gasteiger partial charge < -0.3 is 15.5 Å². The summed E-state index contributed by atoms with van der Waals surface area (Å²) in [7, 11) is 1.80. The third-order valence-corrected chi connectivity index (χ3v) is 5.95. The standard InChI is InChI=1S/C23H33N7O.HI/c1-16(2)22-27-20-10-9-19(15-30(20)28-22)26-23(24-3)25-13-17-6-4-7-18(12-17)14-29-11-5-8-21(29)31;/h4,6-7,12,16,19H,5,8-11,13-15H2,1-3H3,(H2,24,25,26);1H. The van der Waals surface area contributed by atoms with Crippen LogP contribution in [0, 0.1) is 0 Å². The lowest BCUT2D eigenvalue weighted by Crippen LogP contribution is -2.46. The molecule has 1 aromatic heterocycles. The summed E-state index contributed by atoms with van der Waals surface area (Å²) in [5.74, 6) is 3.40. The zero-order valence-corrected chi connectivity index (χ0v) is 21.5. The Kier molecular flexibility index (Phi) is 8.50. The Hall–Kier alpha value is -2.17. The SMILES string of the molecule is CN=C(NCc1cccc(CN2CCCC2=O)c1)NC1CCc2nc(C(C)C)nn2C1.I. The Morgan fingerprint density at radius 1 is 1.28 bits per heavy atom. The van der Waals surface area contributed by atoms with Gasteiger partial charge in [-0.1, -0.05) is 38.1 Å². The van der Waals surface area contributed by atoms with Crippen molar-refractivity contribution < 1.29 is 4.79 Å². The van der Waals surface area contributed by atoms with E-state index in [1.807, 2.05) is 9.58 Å². The van der Waals surface area contributed by atoms with Gasteiger partial charge in [-0.15, -0.1) is 24.0 Å². The highest BCUT2D eigenvalue weighted by Crippen LogP contribution is 2.17. The molecule has 3 heterocycles. The summed E-state index contributed by atoms with van der Waals surface area (Å²) >= 11 is 0.